The van der Waals surface area contributed by atoms with E-state index in [1.807, 2.05) is 0 Å². The van der Waals surface area contributed by atoms with Crippen molar-refractivity contribution in [2.75, 3.05) is 33.9 Å². The summed E-state index contributed by atoms with van der Waals surface area (Å²) in [6.07, 6.45) is 1.32. The van der Waals surface area contributed by atoms with E-state index < -0.39 is 0 Å². The topological polar surface area (TPSA) is 76.4 Å². The fourth-order valence-electron chi connectivity index (χ4n) is 2.44. The molecule has 0 N–H and O–H groups in total. The van der Waals surface area contributed by atoms with E-state index in [-0.39, 0.29) is 12.5 Å². The molecular weight excluding hydrogens is 320 g/mol. The number of rotatable bonds is 10. The third-order valence-electron chi connectivity index (χ3n) is 4.00. The van der Waals surface area contributed by atoms with Gasteiger partial charge in [0.15, 0.2) is 6.33 Å². The van der Waals surface area contributed by atoms with Crippen molar-refractivity contribution in [3.63, 3.8) is 0 Å². The van der Waals surface area contributed by atoms with Gasteiger partial charge in [-0.25, -0.2) is 0 Å². The van der Waals surface area contributed by atoms with Crippen LogP contribution >= 0.6 is 0 Å². The molecule has 0 saturated heterocycles. The van der Waals surface area contributed by atoms with Crippen molar-refractivity contribution in [1.82, 2.24) is 30.0 Å². The highest BCUT2D eigenvalue weighted by Crippen LogP contribution is 2.10. The first-order valence-electron chi connectivity index (χ1n) is 8.36. The molecule has 0 fully saturated rings. The van der Waals surface area contributed by atoms with Crippen molar-refractivity contribution in [3.8, 4) is 0 Å². The number of aromatic nitrogens is 4. The second-order valence-electron chi connectivity index (χ2n) is 5.89. The van der Waals surface area contributed by atoms with E-state index in [1.54, 1.807) is 19.1 Å². The monoisotopic (exact) mass is 346 g/mol. The predicted octanol–water partition coefficient (Wildman–Crippen LogP) is 0.800. The molecule has 2 rings (SSSR count). The number of hydrogen-bond donors (Lipinski definition) is 0. The van der Waals surface area contributed by atoms with Crippen molar-refractivity contribution in [3.05, 3.63) is 41.7 Å². The molecule has 0 saturated carbocycles. The third-order valence-corrected chi connectivity index (χ3v) is 4.00. The van der Waals surface area contributed by atoms with E-state index >= 15 is 0 Å². The van der Waals surface area contributed by atoms with E-state index in [9.17, 15) is 4.79 Å². The summed E-state index contributed by atoms with van der Waals surface area (Å²) in [5.74, 6) is -0.0567. The first-order chi connectivity index (χ1) is 12.1. The molecule has 0 unspecified atom stereocenters. The molecule has 0 radical (unpaired) electrons. The number of tetrazole rings is 1. The first-order valence-corrected chi connectivity index (χ1v) is 8.36. The Kier molecular flexibility index (Phi) is 7.49. The van der Waals surface area contributed by atoms with Crippen molar-refractivity contribution in [1.29, 1.82) is 0 Å². The fourth-order valence-corrected chi connectivity index (χ4v) is 2.44. The average molecular weight is 346 g/mol. The highest BCUT2D eigenvalue weighted by Gasteiger charge is 2.11. The van der Waals surface area contributed by atoms with Crippen LogP contribution in [0.1, 0.15) is 18.1 Å². The summed E-state index contributed by atoms with van der Waals surface area (Å²) in [5.41, 5.74) is 2.34. The average Bonchev–Trinajstić information content (AvgIpc) is 3.13. The van der Waals surface area contributed by atoms with E-state index in [2.05, 4.69) is 51.5 Å². The predicted molar refractivity (Wildman–Crippen MR) is 93.6 cm³/mol. The number of likely N-dealkylation sites (N-methyl/N-ethyl adjacent to an activating group) is 2. The van der Waals surface area contributed by atoms with Gasteiger partial charge in [-0.05, 0) is 22.9 Å². The Balaban J connectivity index is 1.85. The largest absolute Gasteiger partial charge is 0.383 e. The minimum absolute atomic E-state index is 0.0567. The zero-order valence-electron chi connectivity index (χ0n) is 15.1. The van der Waals surface area contributed by atoms with Gasteiger partial charge in [0.1, 0.15) is 6.54 Å². The van der Waals surface area contributed by atoms with Gasteiger partial charge in [-0.3, -0.25) is 9.69 Å². The van der Waals surface area contributed by atoms with E-state index in [0.29, 0.717) is 6.54 Å². The Bertz CT molecular complexity index is 629. The number of amides is 1. The molecule has 1 aromatic heterocycles. The van der Waals surface area contributed by atoms with Crippen LogP contribution in [0.25, 0.3) is 0 Å². The molecule has 1 aromatic carbocycles. The Morgan fingerprint density at radius 1 is 1.20 bits per heavy atom. The lowest BCUT2D eigenvalue weighted by Crippen LogP contribution is -2.30. The lowest BCUT2D eigenvalue weighted by molar-refractivity contribution is -0.131. The van der Waals surface area contributed by atoms with Crippen molar-refractivity contribution in [2.24, 2.45) is 0 Å². The maximum absolute atomic E-state index is 12.1. The maximum atomic E-state index is 12.1. The molecule has 2 aromatic rings. The van der Waals surface area contributed by atoms with E-state index in [1.165, 1.54) is 16.7 Å². The number of hydrogen-bond acceptors (Lipinski definition) is 6. The van der Waals surface area contributed by atoms with E-state index in [4.69, 9.17) is 4.74 Å². The second-order valence-corrected chi connectivity index (χ2v) is 5.89. The van der Waals surface area contributed by atoms with Crippen molar-refractivity contribution in [2.45, 2.75) is 26.6 Å². The lowest BCUT2D eigenvalue weighted by atomic mass is 10.1. The van der Waals surface area contributed by atoms with Gasteiger partial charge >= 0.3 is 0 Å². The van der Waals surface area contributed by atoms with Gasteiger partial charge in [0, 0.05) is 33.8 Å². The Labute approximate surface area is 148 Å². The van der Waals surface area contributed by atoms with Crippen molar-refractivity contribution < 1.29 is 9.53 Å². The van der Waals surface area contributed by atoms with Gasteiger partial charge in [0.05, 0.1) is 6.61 Å². The number of ether oxygens (including phenoxy) is 1. The Hall–Kier alpha value is -2.32. The summed E-state index contributed by atoms with van der Waals surface area (Å²) in [6.45, 7) is 6.33. The van der Waals surface area contributed by atoms with E-state index in [0.717, 1.165) is 31.8 Å². The van der Waals surface area contributed by atoms with Crippen LogP contribution in [-0.4, -0.2) is 69.8 Å². The molecule has 0 bridgehead atoms. The van der Waals surface area contributed by atoms with Gasteiger partial charge in [0.2, 0.25) is 5.91 Å². The summed E-state index contributed by atoms with van der Waals surface area (Å²) in [4.78, 5) is 17.4. The molecule has 1 heterocycles. The SMILES string of the molecule is CCN(CCOC)Cc1ccc(CN(C)C(=O)Cn2ncnn2)cc1. The molecular formula is C17H26N6O2. The normalized spacial score (nSPS) is 11.0. The standard InChI is InChI=1S/C17H26N6O2/c1-4-22(9-10-25-3)12-16-7-5-15(6-8-16)11-21(2)17(24)13-23-19-14-18-20-23/h5-8,14H,4,9-13H2,1-3H3. The number of carbonyl (C=O) groups is 1. The highest BCUT2D eigenvalue weighted by atomic mass is 16.5. The van der Waals surface area contributed by atoms with Gasteiger partial charge in [0.25, 0.3) is 0 Å². The second kappa shape index (κ2) is 9.85. The Morgan fingerprint density at radius 2 is 1.88 bits per heavy atom. The smallest absolute Gasteiger partial charge is 0.246 e. The number of benzene rings is 1. The van der Waals surface area contributed by atoms with Crippen LogP contribution in [0, 0.1) is 0 Å². The van der Waals surface area contributed by atoms with Crippen LogP contribution < -0.4 is 0 Å². The van der Waals surface area contributed by atoms with Crippen LogP contribution in [0.15, 0.2) is 30.6 Å². The maximum Gasteiger partial charge on any atom is 0.246 e. The summed E-state index contributed by atoms with van der Waals surface area (Å²) in [5, 5.41) is 11.2. The molecule has 25 heavy (non-hydrogen) atoms. The van der Waals surface area contributed by atoms with Crippen LogP contribution in [-0.2, 0) is 29.2 Å². The molecule has 136 valence electrons. The van der Waals surface area contributed by atoms with Gasteiger partial charge in [-0.2, -0.15) is 4.80 Å². The Morgan fingerprint density at radius 3 is 2.44 bits per heavy atom. The fraction of sp³-hybridized carbons (Fsp3) is 0.529. The molecule has 0 atom stereocenters. The van der Waals surface area contributed by atoms with Crippen LogP contribution in [0.3, 0.4) is 0 Å². The summed E-state index contributed by atoms with van der Waals surface area (Å²) in [6, 6.07) is 8.36. The van der Waals surface area contributed by atoms with Crippen LogP contribution in [0.5, 0.6) is 0 Å². The minimum Gasteiger partial charge on any atom is -0.383 e. The lowest BCUT2D eigenvalue weighted by Gasteiger charge is -2.20. The number of methoxy groups -OCH3 is 1. The zero-order chi connectivity index (χ0) is 18.1. The highest BCUT2D eigenvalue weighted by molar-refractivity contribution is 5.75. The molecule has 8 heteroatoms. The van der Waals surface area contributed by atoms with Gasteiger partial charge < -0.3 is 9.64 Å². The molecule has 0 aliphatic carbocycles. The van der Waals surface area contributed by atoms with Gasteiger partial charge in [-0.1, -0.05) is 31.2 Å². The zero-order valence-corrected chi connectivity index (χ0v) is 15.1. The molecule has 0 spiro atoms. The quantitative estimate of drug-likeness (QED) is 0.633. The number of carbonyl (C=O) groups excluding carboxylic acids is 1. The molecule has 0 aliphatic rings. The van der Waals surface area contributed by atoms with Gasteiger partial charge in [-0.15, -0.1) is 10.2 Å². The summed E-state index contributed by atoms with van der Waals surface area (Å²) < 4.78 is 5.14. The van der Waals surface area contributed by atoms with Crippen LogP contribution in [0.4, 0.5) is 0 Å². The van der Waals surface area contributed by atoms with Crippen molar-refractivity contribution >= 4 is 5.91 Å². The number of nitrogens with zero attached hydrogens (tertiary/aromatic N) is 6. The molecule has 8 nitrogen and oxygen atoms in total. The first kappa shape index (κ1) is 19.0. The third kappa shape index (κ3) is 6.24. The summed E-state index contributed by atoms with van der Waals surface area (Å²) >= 11 is 0. The summed E-state index contributed by atoms with van der Waals surface area (Å²) in [7, 11) is 3.50. The minimum atomic E-state index is -0.0567. The molecule has 0 aliphatic heterocycles. The van der Waals surface area contributed by atoms with Crippen LogP contribution in [0.2, 0.25) is 0 Å². The molecule has 1 amide bonds.